The first-order valence-corrected chi connectivity index (χ1v) is 5.60. The van der Waals surface area contributed by atoms with Gasteiger partial charge in [0, 0.05) is 11.1 Å². The minimum absolute atomic E-state index is 0.0806. The molecule has 0 radical (unpaired) electrons. The second-order valence-corrected chi connectivity index (χ2v) is 4.08. The van der Waals surface area contributed by atoms with Crippen LogP contribution < -0.4 is 14.8 Å². The highest BCUT2D eigenvalue weighted by Crippen LogP contribution is 2.36. The molecule has 1 N–H and O–H groups in total. The zero-order valence-corrected chi connectivity index (χ0v) is 11.0. The predicted molar refractivity (Wildman–Crippen MR) is 65.0 cm³/mol. The molecule has 1 aromatic rings. The molecule has 1 atom stereocenters. The van der Waals surface area contributed by atoms with Crippen molar-refractivity contribution >= 4 is 15.9 Å². The van der Waals surface area contributed by atoms with Gasteiger partial charge in [-0.1, -0.05) is 15.9 Å². The van der Waals surface area contributed by atoms with Crippen LogP contribution in [0, 0.1) is 6.92 Å². The number of benzene rings is 1. The minimum atomic E-state index is 0.0806. The molecule has 4 heteroatoms. The Bertz CT molecular complexity index is 342. The van der Waals surface area contributed by atoms with Gasteiger partial charge in [-0.3, -0.25) is 0 Å². The van der Waals surface area contributed by atoms with Crippen molar-refractivity contribution in [2.45, 2.75) is 11.9 Å². The topological polar surface area (TPSA) is 30.5 Å². The first-order valence-electron chi connectivity index (χ1n) is 4.68. The summed E-state index contributed by atoms with van der Waals surface area (Å²) in [5.74, 6) is 1.69. The molecule has 15 heavy (non-hydrogen) atoms. The van der Waals surface area contributed by atoms with Gasteiger partial charge in [-0.2, -0.15) is 0 Å². The van der Waals surface area contributed by atoms with Crippen LogP contribution in [0.2, 0.25) is 0 Å². The summed E-state index contributed by atoms with van der Waals surface area (Å²) in [6.07, 6.45) is 0. The first-order chi connectivity index (χ1) is 7.15. The van der Waals surface area contributed by atoms with Gasteiger partial charge >= 0.3 is 0 Å². The average Bonchev–Trinajstić information content (AvgIpc) is 2.27. The van der Waals surface area contributed by atoms with Crippen molar-refractivity contribution in [1.29, 1.82) is 0 Å². The second-order valence-electron chi connectivity index (χ2n) is 3.17. The summed E-state index contributed by atoms with van der Waals surface area (Å²) in [5.41, 5.74) is 2.08. The molecule has 0 saturated carbocycles. The molecule has 1 aromatic carbocycles. The number of methoxy groups -OCH3 is 2. The molecule has 0 aliphatic heterocycles. The number of nitrogens with one attached hydrogen (secondary N) is 1. The summed E-state index contributed by atoms with van der Waals surface area (Å²) in [7, 11) is 5.21. The lowest BCUT2D eigenvalue weighted by Gasteiger charge is -2.17. The van der Waals surface area contributed by atoms with Gasteiger partial charge in [-0.25, -0.2) is 0 Å². The normalized spacial score (nSPS) is 12.3. The Morgan fingerprint density at radius 1 is 1.27 bits per heavy atom. The van der Waals surface area contributed by atoms with Crippen LogP contribution in [0.25, 0.3) is 0 Å². The number of hydrogen-bond acceptors (Lipinski definition) is 3. The van der Waals surface area contributed by atoms with E-state index in [0.717, 1.165) is 22.6 Å². The summed E-state index contributed by atoms with van der Waals surface area (Å²) in [5, 5.41) is 3.12. The Labute approximate surface area is 98.9 Å². The smallest absolute Gasteiger partial charge is 0.131 e. The molecular formula is C11H16BrNO2. The van der Waals surface area contributed by atoms with Gasteiger partial charge in [-0.15, -0.1) is 0 Å². The molecule has 3 nitrogen and oxygen atoms in total. The van der Waals surface area contributed by atoms with Crippen LogP contribution in [0.1, 0.15) is 16.1 Å². The predicted octanol–water partition coefficient (Wildman–Crippen LogP) is 2.63. The fourth-order valence-corrected chi connectivity index (χ4v) is 1.90. The van der Waals surface area contributed by atoms with Crippen LogP contribution in [0.3, 0.4) is 0 Å². The fourth-order valence-electron chi connectivity index (χ4n) is 1.54. The molecule has 0 spiro atoms. The molecule has 1 unspecified atom stereocenters. The van der Waals surface area contributed by atoms with E-state index >= 15 is 0 Å². The highest BCUT2D eigenvalue weighted by molar-refractivity contribution is 9.09. The van der Waals surface area contributed by atoms with Crippen molar-refractivity contribution in [3.8, 4) is 11.5 Å². The highest BCUT2D eigenvalue weighted by atomic mass is 79.9. The van der Waals surface area contributed by atoms with Gasteiger partial charge in [0.05, 0.1) is 19.2 Å². The van der Waals surface area contributed by atoms with Crippen molar-refractivity contribution in [1.82, 2.24) is 5.32 Å². The van der Waals surface area contributed by atoms with Gasteiger partial charge in [0.1, 0.15) is 11.5 Å². The highest BCUT2D eigenvalue weighted by Gasteiger charge is 2.15. The van der Waals surface area contributed by atoms with E-state index in [4.69, 9.17) is 9.47 Å². The molecule has 0 saturated heterocycles. The number of alkyl halides is 1. The minimum Gasteiger partial charge on any atom is -0.496 e. The maximum Gasteiger partial charge on any atom is 0.131 e. The van der Waals surface area contributed by atoms with E-state index < -0.39 is 0 Å². The van der Waals surface area contributed by atoms with Crippen molar-refractivity contribution < 1.29 is 9.47 Å². The molecule has 0 heterocycles. The van der Waals surface area contributed by atoms with Crippen molar-refractivity contribution in [2.24, 2.45) is 0 Å². The SMILES string of the molecule is CNC(Br)c1ccc(OC)c(C)c1OC. The van der Waals surface area contributed by atoms with Gasteiger partial charge in [0.15, 0.2) is 0 Å². The Hall–Kier alpha value is -0.740. The van der Waals surface area contributed by atoms with Crippen molar-refractivity contribution in [3.63, 3.8) is 0 Å². The number of ether oxygens (including phenoxy) is 2. The third kappa shape index (κ3) is 2.44. The summed E-state index contributed by atoms with van der Waals surface area (Å²) < 4.78 is 10.6. The van der Waals surface area contributed by atoms with Gasteiger partial charge in [0.2, 0.25) is 0 Å². The van der Waals surface area contributed by atoms with Crippen molar-refractivity contribution in [3.05, 3.63) is 23.3 Å². The lowest BCUT2D eigenvalue weighted by Crippen LogP contribution is -2.11. The van der Waals surface area contributed by atoms with Gasteiger partial charge < -0.3 is 14.8 Å². The number of rotatable bonds is 4. The Morgan fingerprint density at radius 3 is 2.40 bits per heavy atom. The molecule has 0 bridgehead atoms. The summed E-state index contributed by atoms with van der Waals surface area (Å²) in [6.45, 7) is 1.98. The lowest BCUT2D eigenvalue weighted by molar-refractivity contribution is 0.384. The third-order valence-corrected chi connectivity index (χ3v) is 3.29. The lowest BCUT2D eigenvalue weighted by atomic mass is 10.1. The van der Waals surface area contributed by atoms with E-state index in [2.05, 4.69) is 21.2 Å². The first kappa shape index (κ1) is 12.3. The Balaban J connectivity index is 3.24. The van der Waals surface area contributed by atoms with Gasteiger partial charge in [0.25, 0.3) is 0 Å². The molecule has 84 valence electrons. The Morgan fingerprint density at radius 2 is 1.93 bits per heavy atom. The molecule has 0 fully saturated rings. The fraction of sp³-hybridized carbons (Fsp3) is 0.455. The van der Waals surface area contributed by atoms with Crippen molar-refractivity contribution in [2.75, 3.05) is 21.3 Å². The number of halogens is 1. The zero-order valence-electron chi connectivity index (χ0n) is 9.43. The summed E-state index contributed by atoms with van der Waals surface area (Å²) >= 11 is 3.53. The molecule has 0 aliphatic rings. The van der Waals surface area contributed by atoms with Crippen LogP contribution in [0.15, 0.2) is 12.1 Å². The van der Waals surface area contributed by atoms with E-state index in [1.54, 1.807) is 14.2 Å². The maximum atomic E-state index is 5.39. The third-order valence-electron chi connectivity index (χ3n) is 2.34. The van der Waals surface area contributed by atoms with Gasteiger partial charge in [-0.05, 0) is 26.1 Å². The van der Waals surface area contributed by atoms with Crippen LogP contribution in [0.4, 0.5) is 0 Å². The van der Waals surface area contributed by atoms with Crippen LogP contribution >= 0.6 is 15.9 Å². The van der Waals surface area contributed by atoms with E-state index in [9.17, 15) is 0 Å². The largest absolute Gasteiger partial charge is 0.496 e. The van der Waals surface area contributed by atoms with Crippen LogP contribution in [0.5, 0.6) is 11.5 Å². The van der Waals surface area contributed by atoms with Crippen LogP contribution in [-0.4, -0.2) is 21.3 Å². The van der Waals surface area contributed by atoms with E-state index in [1.807, 2.05) is 26.1 Å². The summed E-state index contributed by atoms with van der Waals surface area (Å²) in [4.78, 5) is 0.0806. The average molecular weight is 274 g/mol. The van der Waals surface area contributed by atoms with E-state index in [-0.39, 0.29) is 4.95 Å². The molecule has 0 aromatic heterocycles. The van der Waals surface area contributed by atoms with E-state index in [0.29, 0.717) is 0 Å². The second kappa shape index (κ2) is 5.37. The van der Waals surface area contributed by atoms with E-state index in [1.165, 1.54) is 0 Å². The standard InChI is InChI=1S/C11H16BrNO2/c1-7-9(14-3)6-5-8(10(7)15-4)11(12)13-2/h5-6,11,13H,1-4H3. The quantitative estimate of drug-likeness (QED) is 0.676. The number of hydrogen-bond donors (Lipinski definition) is 1. The monoisotopic (exact) mass is 273 g/mol. The van der Waals surface area contributed by atoms with Crippen LogP contribution in [-0.2, 0) is 0 Å². The Kier molecular flexibility index (Phi) is 4.42. The zero-order chi connectivity index (χ0) is 11.4. The molecule has 0 amide bonds. The summed E-state index contributed by atoms with van der Waals surface area (Å²) in [6, 6.07) is 3.93. The molecule has 0 aliphatic carbocycles. The molecular weight excluding hydrogens is 258 g/mol. The molecule has 1 rings (SSSR count). The maximum absolute atomic E-state index is 5.39.